The molecule has 0 bridgehead atoms. The monoisotopic (exact) mass is 336 g/mol. The van der Waals surface area contributed by atoms with Crippen LogP contribution in [-0.4, -0.2) is 0 Å². The van der Waals surface area contributed by atoms with Gasteiger partial charge in [-0.1, -0.05) is 53.2 Å². The molecule has 0 amide bonds. The number of hydrogen-bond donors (Lipinski definition) is 2. The fraction of sp³-hybridized carbons (Fsp3) is 0.250. The van der Waals surface area contributed by atoms with E-state index in [2.05, 4.69) is 40.4 Å². The standard InChI is InChI=1S/C16H18BrFN2/c1-2-11-5-3-4-6-14(11)16(20-19)9-12-7-8-13(18)10-15(12)17/h3-8,10,16,20H,2,9,19H2,1H3. The van der Waals surface area contributed by atoms with Crippen molar-refractivity contribution in [3.8, 4) is 0 Å². The lowest BCUT2D eigenvalue weighted by atomic mass is 9.94. The van der Waals surface area contributed by atoms with Crippen LogP contribution in [0, 0.1) is 5.82 Å². The number of hydrogen-bond acceptors (Lipinski definition) is 2. The Hall–Kier alpha value is -1.23. The number of halogens is 2. The quantitative estimate of drug-likeness (QED) is 0.642. The Kier molecular flexibility index (Phi) is 5.29. The summed E-state index contributed by atoms with van der Waals surface area (Å²) >= 11 is 3.40. The van der Waals surface area contributed by atoms with E-state index >= 15 is 0 Å². The average Bonchev–Trinajstić information content (AvgIpc) is 2.46. The maximum atomic E-state index is 13.1. The molecule has 0 fully saturated rings. The van der Waals surface area contributed by atoms with Gasteiger partial charge in [0.2, 0.25) is 0 Å². The molecular weight excluding hydrogens is 319 g/mol. The summed E-state index contributed by atoms with van der Waals surface area (Å²) in [6.07, 6.45) is 1.66. The predicted octanol–water partition coefficient (Wildman–Crippen LogP) is 3.90. The van der Waals surface area contributed by atoms with Crippen molar-refractivity contribution >= 4 is 15.9 Å². The van der Waals surface area contributed by atoms with Crippen LogP contribution in [0.5, 0.6) is 0 Å². The molecule has 0 saturated carbocycles. The van der Waals surface area contributed by atoms with Crippen LogP contribution >= 0.6 is 15.9 Å². The van der Waals surface area contributed by atoms with Crippen molar-refractivity contribution in [1.82, 2.24) is 5.43 Å². The van der Waals surface area contributed by atoms with Gasteiger partial charge in [0.05, 0.1) is 6.04 Å². The van der Waals surface area contributed by atoms with Gasteiger partial charge in [0.1, 0.15) is 5.82 Å². The van der Waals surface area contributed by atoms with Gasteiger partial charge < -0.3 is 0 Å². The molecule has 20 heavy (non-hydrogen) atoms. The zero-order valence-electron chi connectivity index (χ0n) is 11.4. The maximum absolute atomic E-state index is 13.1. The van der Waals surface area contributed by atoms with Gasteiger partial charge in [-0.05, 0) is 41.7 Å². The summed E-state index contributed by atoms with van der Waals surface area (Å²) in [7, 11) is 0. The summed E-state index contributed by atoms with van der Waals surface area (Å²) in [5.41, 5.74) is 6.36. The van der Waals surface area contributed by atoms with Crippen molar-refractivity contribution in [2.45, 2.75) is 25.8 Å². The van der Waals surface area contributed by atoms with Crippen molar-refractivity contribution < 1.29 is 4.39 Å². The highest BCUT2D eigenvalue weighted by Gasteiger charge is 2.15. The van der Waals surface area contributed by atoms with E-state index in [0.29, 0.717) is 6.42 Å². The molecule has 3 N–H and O–H groups in total. The molecule has 0 aliphatic rings. The van der Waals surface area contributed by atoms with Crippen LogP contribution in [0.3, 0.4) is 0 Å². The largest absolute Gasteiger partial charge is 0.271 e. The van der Waals surface area contributed by atoms with Crippen LogP contribution in [0.1, 0.15) is 29.7 Å². The van der Waals surface area contributed by atoms with Crippen molar-refractivity contribution in [2.24, 2.45) is 5.84 Å². The lowest BCUT2D eigenvalue weighted by Crippen LogP contribution is -2.30. The number of nitrogens with two attached hydrogens (primary N) is 1. The number of nitrogens with one attached hydrogen (secondary N) is 1. The third-order valence-electron chi connectivity index (χ3n) is 3.45. The summed E-state index contributed by atoms with van der Waals surface area (Å²) in [6, 6.07) is 13.0. The molecule has 0 aliphatic heterocycles. The van der Waals surface area contributed by atoms with Gasteiger partial charge in [-0.15, -0.1) is 0 Å². The third kappa shape index (κ3) is 3.45. The topological polar surface area (TPSA) is 38.0 Å². The molecule has 2 nitrogen and oxygen atoms in total. The normalized spacial score (nSPS) is 12.4. The van der Waals surface area contributed by atoms with Crippen LogP contribution in [0.15, 0.2) is 46.9 Å². The molecule has 1 unspecified atom stereocenters. The zero-order valence-corrected chi connectivity index (χ0v) is 13.0. The summed E-state index contributed by atoms with van der Waals surface area (Å²) in [6.45, 7) is 2.13. The average molecular weight is 337 g/mol. The van der Waals surface area contributed by atoms with E-state index in [0.717, 1.165) is 16.5 Å². The predicted molar refractivity (Wildman–Crippen MR) is 83.7 cm³/mol. The van der Waals surface area contributed by atoms with Gasteiger partial charge in [-0.25, -0.2) is 4.39 Å². The molecule has 2 rings (SSSR count). The van der Waals surface area contributed by atoms with E-state index in [-0.39, 0.29) is 11.9 Å². The molecule has 0 heterocycles. The van der Waals surface area contributed by atoms with Crippen molar-refractivity contribution in [2.75, 3.05) is 0 Å². The molecule has 0 radical (unpaired) electrons. The molecular formula is C16H18BrFN2. The Balaban J connectivity index is 2.29. The first-order valence-corrected chi connectivity index (χ1v) is 7.42. The number of aryl methyl sites for hydroxylation is 1. The fourth-order valence-electron chi connectivity index (χ4n) is 2.36. The second kappa shape index (κ2) is 6.97. The van der Waals surface area contributed by atoms with Crippen molar-refractivity contribution in [3.05, 3.63) is 69.4 Å². The van der Waals surface area contributed by atoms with E-state index in [1.807, 2.05) is 12.1 Å². The van der Waals surface area contributed by atoms with Crippen LogP contribution in [0.25, 0.3) is 0 Å². The third-order valence-corrected chi connectivity index (χ3v) is 4.19. The zero-order chi connectivity index (χ0) is 14.5. The lowest BCUT2D eigenvalue weighted by molar-refractivity contribution is 0.545. The van der Waals surface area contributed by atoms with Crippen LogP contribution in [0.4, 0.5) is 4.39 Å². The van der Waals surface area contributed by atoms with Crippen LogP contribution in [0.2, 0.25) is 0 Å². The SMILES string of the molecule is CCc1ccccc1C(Cc1ccc(F)cc1Br)NN. The number of hydrazine groups is 1. The van der Waals surface area contributed by atoms with E-state index < -0.39 is 0 Å². The van der Waals surface area contributed by atoms with E-state index in [4.69, 9.17) is 5.84 Å². The van der Waals surface area contributed by atoms with Gasteiger partial charge in [-0.3, -0.25) is 11.3 Å². The molecule has 0 spiro atoms. The van der Waals surface area contributed by atoms with Crippen LogP contribution in [-0.2, 0) is 12.8 Å². The van der Waals surface area contributed by atoms with E-state index in [1.54, 1.807) is 6.07 Å². The first kappa shape index (κ1) is 15.2. The fourth-order valence-corrected chi connectivity index (χ4v) is 2.87. The molecule has 0 aliphatic carbocycles. The Labute approximate surface area is 127 Å². The van der Waals surface area contributed by atoms with Crippen molar-refractivity contribution in [3.63, 3.8) is 0 Å². The van der Waals surface area contributed by atoms with E-state index in [9.17, 15) is 4.39 Å². The number of rotatable bonds is 5. The summed E-state index contributed by atoms with van der Waals surface area (Å²) in [5, 5.41) is 0. The van der Waals surface area contributed by atoms with Gasteiger partial charge in [0, 0.05) is 4.47 Å². The van der Waals surface area contributed by atoms with Gasteiger partial charge >= 0.3 is 0 Å². The first-order valence-electron chi connectivity index (χ1n) is 6.63. The second-order valence-corrected chi connectivity index (χ2v) is 5.57. The molecule has 2 aromatic carbocycles. The summed E-state index contributed by atoms with van der Waals surface area (Å²) in [5.74, 6) is 5.47. The highest BCUT2D eigenvalue weighted by molar-refractivity contribution is 9.10. The van der Waals surface area contributed by atoms with Gasteiger partial charge in [-0.2, -0.15) is 0 Å². The highest BCUT2D eigenvalue weighted by Crippen LogP contribution is 2.26. The van der Waals surface area contributed by atoms with Crippen molar-refractivity contribution in [1.29, 1.82) is 0 Å². The molecule has 4 heteroatoms. The smallest absolute Gasteiger partial charge is 0.124 e. The minimum Gasteiger partial charge on any atom is -0.271 e. The lowest BCUT2D eigenvalue weighted by Gasteiger charge is -2.20. The van der Waals surface area contributed by atoms with Gasteiger partial charge in [0.15, 0.2) is 0 Å². The molecule has 2 aromatic rings. The Morgan fingerprint density at radius 3 is 2.60 bits per heavy atom. The summed E-state index contributed by atoms with van der Waals surface area (Å²) < 4.78 is 13.9. The highest BCUT2D eigenvalue weighted by atomic mass is 79.9. The van der Waals surface area contributed by atoms with Crippen LogP contribution < -0.4 is 11.3 Å². The van der Waals surface area contributed by atoms with Gasteiger partial charge in [0.25, 0.3) is 0 Å². The molecule has 0 aromatic heterocycles. The minimum absolute atomic E-state index is 0.00733. The second-order valence-electron chi connectivity index (χ2n) is 4.71. The molecule has 1 atom stereocenters. The van der Waals surface area contributed by atoms with E-state index in [1.165, 1.54) is 23.3 Å². The maximum Gasteiger partial charge on any atom is 0.124 e. The first-order chi connectivity index (χ1) is 9.65. The Morgan fingerprint density at radius 2 is 1.95 bits per heavy atom. The Morgan fingerprint density at radius 1 is 1.20 bits per heavy atom. The minimum atomic E-state index is -0.244. The summed E-state index contributed by atoms with van der Waals surface area (Å²) in [4.78, 5) is 0. The Bertz CT molecular complexity index is 586. The number of benzene rings is 2. The molecule has 106 valence electrons. The molecule has 0 saturated heterocycles.